The number of halogens is 3. The van der Waals surface area contributed by atoms with Crippen molar-refractivity contribution in [3.8, 4) is 0 Å². The third kappa shape index (κ3) is 3.68. The van der Waals surface area contributed by atoms with E-state index in [2.05, 4.69) is 10.0 Å². The van der Waals surface area contributed by atoms with Crippen LogP contribution in [-0.4, -0.2) is 36.8 Å². The summed E-state index contributed by atoms with van der Waals surface area (Å²) in [5, 5.41) is 5.93. The minimum atomic E-state index is -4.46. The van der Waals surface area contributed by atoms with Crippen LogP contribution in [0.15, 0.2) is 47.6 Å². The normalized spacial score (nSPS) is 23.7. The number of fused-ring (bicyclic) bond motifs is 4. The smallest absolute Gasteiger partial charge is 0.416 e. The second-order valence-corrected chi connectivity index (χ2v) is 9.26. The van der Waals surface area contributed by atoms with Crippen LogP contribution < -0.4 is 9.91 Å². The molecule has 2 aromatic carbocycles. The number of hydrazone groups is 1. The Balaban J connectivity index is 1.54. The number of rotatable bonds is 3. The van der Waals surface area contributed by atoms with Crippen LogP contribution in [0.25, 0.3) is 0 Å². The molecular weight excluding hydrogens is 459 g/mol. The number of hydrogen-bond donors (Lipinski definition) is 0. The molecule has 184 valence electrons. The van der Waals surface area contributed by atoms with Gasteiger partial charge in [-0.25, -0.2) is 4.79 Å². The first-order chi connectivity index (χ1) is 16.7. The van der Waals surface area contributed by atoms with E-state index in [1.54, 1.807) is 44.2 Å². The number of ether oxygens (including phenoxy) is 1. The van der Waals surface area contributed by atoms with Crippen molar-refractivity contribution in [2.24, 2.45) is 10.5 Å². The van der Waals surface area contributed by atoms with Gasteiger partial charge < -0.3 is 9.64 Å². The van der Waals surface area contributed by atoms with Crippen LogP contribution in [0, 0.1) is 5.41 Å². The van der Waals surface area contributed by atoms with Crippen LogP contribution in [0.5, 0.6) is 0 Å². The van der Waals surface area contributed by atoms with Gasteiger partial charge in [0.2, 0.25) is 0 Å². The zero-order chi connectivity index (χ0) is 25.0. The Morgan fingerprint density at radius 3 is 2.60 bits per heavy atom. The molecule has 1 amide bonds. The lowest BCUT2D eigenvalue weighted by atomic mass is 9.65. The Labute approximate surface area is 201 Å². The van der Waals surface area contributed by atoms with E-state index in [9.17, 15) is 22.8 Å². The SMILES string of the molecule is CCOC(=O)c1ccc(N2N=C(C)[C@]3(Cc4cc(C(F)(F)F)ccc4N4CCCC[C@H]43)C2=O)cc1. The van der Waals surface area contributed by atoms with Gasteiger partial charge in [-0.1, -0.05) is 0 Å². The average Bonchev–Trinajstić information content (AvgIpc) is 3.09. The highest BCUT2D eigenvalue weighted by molar-refractivity contribution is 6.20. The van der Waals surface area contributed by atoms with Gasteiger partial charge in [0.1, 0.15) is 5.41 Å². The monoisotopic (exact) mass is 485 g/mol. The number of alkyl halides is 3. The quantitative estimate of drug-likeness (QED) is 0.561. The topological polar surface area (TPSA) is 62.2 Å². The molecule has 2 atom stereocenters. The molecule has 0 unspecified atom stereocenters. The molecule has 9 heteroatoms. The molecule has 3 aliphatic rings. The number of amides is 1. The molecule has 1 spiro atoms. The predicted octanol–water partition coefficient (Wildman–Crippen LogP) is 5.21. The highest BCUT2D eigenvalue weighted by Crippen LogP contribution is 2.50. The van der Waals surface area contributed by atoms with Crippen LogP contribution in [-0.2, 0) is 22.1 Å². The van der Waals surface area contributed by atoms with Crippen molar-refractivity contribution in [2.75, 3.05) is 23.1 Å². The van der Waals surface area contributed by atoms with Crippen molar-refractivity contribution in [1.29, 1.82) is 0 Å². The fourth-order valence-corrected chi connectivity index (χ4v) is 5.68. The minimum absolute atomic E-state index is 0.166. The Kier molecular flexibility index (Phi) is 5.61. The van der Waals surface area contributed by atoms with Gasteiger partial charge in [0.15, 0.2) is 0 Å². The molecule has 0 bridgehead atoms. The summed E-state index contributed by atoms with van der Waals surface area (Å²) in [6.07, 6.45) is -1.69. The largest absolute Gasteiger partial charge is 0.462 e. The molecule has 0 aliphatic carbocycles. The number of hydrogen-bond acceptors (Lipinski definition) is 5. The lowest BCUT2D eigenvalue weighted by molar-refractivity contribution is -0.137. The maximum atomic E-state index is 14.0. The van der Waals surface area contributed by atoms with Crippen LogP contribution in [0.4, 0.5) is 24.5 Å². The molecule has 0 saturated carbocycles. The van der Waals surface area contributed by atoms with Gasteiger partial charge in [0.25, 0.3) is 5.91 Å². The summed E-state index contributed by atoms with van der Waals surface area (Å²) < 4.78 is 45.5. The number of benzene rings is 2. The highest BCUT2D eigenvalue weighted by Gasteiger charge is 2.59. The summed E-state index contributed by atoms with van der Waals surface area (Å²) in [6.45, 7) is 4.45. The molecular formula is C26H26F3N3O3. The van der Waals surface area contributed by atoms with Gasteiger partial charge in [-0.15, -0.1) is 0 Å². The van der Waals surface area contributed by atoms with Crippen molar-refractivity contribution < 1.29 is 27.5 Å². The second-order valence-electron chi connectivity index (χ2n) is 9.26. The predicted molar refractivity (Wildman–Crippen MR) is 126 cm³/mol. The number of nitrogens with zero attached hydrogens (tertiary/aromatic N) is 3. The Morgan fingerprint density at radius 1 is 1.17 bits per heavy atom. The maximum Gasteiger partial charge on any atom is 0.416 e. The van der Waals surface area contributed by atoms with E-state index in [0.29, 0.717) is 29.1 Å². The summed E-state index contributed by atoms with van der Waals surface area (Å²) in [6, 6.07) is 10.1. The van der Waals surface area contributed by atoms with Crippen molar-refractivity contribution in [3.63, 3.8) is 0 Å². The zero-order valence-corrected chi connectivity index (χ0v) is 19.6. The molecule has 0 aromatic heterocycles. The lowest BCUT2D eigenvalue weighted by Gasteiger charge is -2.51. The molecule has 1 saturated heterocycles. The first-order valence-electron chi connectivity index (χ1n) is 11.8. The summed E-state index contributed by atoms with van der Waals surface area (Å²) in [5.41, 5.74) is 0.980. The van der Waals surface area contributed by atoms with Gasteiger partial charge in [0, 0.05) is 18.3 Å². The molecule has 35 heavy (non-hydrogen) atoms. The summed E-state index contributed by atoms with van der Waals surface area (Å²) in [5.74, 6) is -0.705. The van der Waals surface area contributed by atoms with Crippen molar-refractivity contribution in [3.05, 3.63) is 59.2 Å². The molecule has 5 rings (SSSR count). The lowest BCUT2D eigenvalue weighted by Crippen LogP contribution is -2.61. The van der Waals surface area contributed by atoms with Gasteiger partial charge in [-0.2, -0.15) is 23.3 Å². The minimum Gasteiger partial charge on any atom is -0.462 e. The number of carbonyl (C=O) groups excluding carboxylic acids is 2. The van der Waals surface area contributed by atoms with Gasteiger partial charge in [-0.05, 0) is 87.6 Å². The third-order valence-corrected chi connectivity index (χ3v) is 7.35. The van der Waals surface area contributed by atoms with Crippen LogP contribution in [0.2, 0.25) is 0 Å². The molecule has 0 radical (unpaired) electrons. The van der Waals surface area contributed by atoms with E-state index in [1.807, 2.05) is 0 Å². The highest BCUT2D eigenvalue weighted by atomic mass is 19.4. The first kappa shape index (κ1) is 23.4. The molecule has 3 aliphatic heterocycles. The number of esters is 1. The van der Waals surface area contributed by atoms with Crippen molar-refractivity contribution in [1.82, 2.24) is 0 Å². The maximum absolute atomic E-state index is 14.0. The van der Waals surface area contributed by atoms with Crippen molar-refractivity contribution >= 4 is 29.0 Å². The van der Waals surface area contributed by atoms with Gasteiger partial charge >= 0.3 is 12.1 Å². The first-order valence-corrected chi connectivity index (χ1v) is 11.8. The summed E-state index contributed by atoms with van der Waals surface area (Å²) >= 11 is 0. The van der Waals surface area contributed by atoms with E-state index < -0.39 is 23.1 Å². The Hall–Kier alpha value is -3.36. The van der Waals surface area contributed by atoms with E-state index in [4.69, 9.17) is 4.74 Å². The van der Waals surface area contributed by atoms with E-state index in [1.165, 1.54) is 11.1 Å². The Bertz CT molecular complexity index is 1210. The molecule has 2 aromatic rings. The van der Waals surface area contributed by atoms with E-state index in [-0.39, 0.29) is 25.0 Å². The summed E-state index contributed by atoms with van der Waals surface area (Å²) in [4.78, 5) is 28.1. The van der Waals surface area contributed by atoms with Crippen LogP contribution in [0.1, 0.15) is 54.6 Å². The standard InChI is InChI=1S/C26H26F3N3O3/c1-3-35-23(33)17-7-10-20(11-8-17)32-24(34)25(16(2)30-32)15-18-14-19(26(27,28)29)9-12-21(18)31-13-5-4-6-22(25)31/h7-12,14,22H,3-6,13,15H2,1-2H3/t22-,25-/m0/s1. The number of anilines is 2. The third-order valence-electron chi connectivity index (χ3n) is 7.35. The Morgan fingerprint density at radius 2 is 1.91 bits per heavy atom. The summed E-state index contributed by atoms with van der Waals surface area (Å²) in [7, 11) is 0. The molecule has 0 N–H and O–H groups in total. The molecule has 3 heterocycles. The second kappa shape index (κ2) is 8.39. The fraction of sp³-hybridized carbons (Fsp3) is 0.423. The van der Waals surface area contributed by atoms with Crippen molar-refractivity contribution in [2.45, 2.75) is 51.7 Å². The number of carbonyl (C=O) groups is 2. The number of piperidine rings is 1. The van der Waals surface area contributed by atoms with E-state index in [0.717, 1.165) is 31.0 Å². The average molecular weight is 486 g/mol. The van der Waals surface area contributed by atoms with Crippen LogP contribution >= 0.6 is 0 Å². The molecule has 1 fully saturated rings. The van der Waals surface area contributed by atoms with Crippen LogP contribution in [0.3, 0.4) is 0 Å². The van der Waals surface area contributed by atoms with Gasteiger partial charge in [0.05, 0.1) is 29.1 Å². The zero-order valence-electron chi connectivity index (χ0n) is 19.6. The molecule has 6 nitrogen and oxygen atoms in total. The van der Waals surface area contributed by atoms with Gasteiger partial charge in [-0.3, -0.25) is 4.79 Å². The van der Waals surface area contributed by atoms with E-state index >= 15 is 0 Å². The fourth-order valence-electron chi connectivity index (χ4n) is 5.68.